The molecule has 2 aromatic carbocycles. The van der Waals surface area contributed by atoms with Gasteiger partial charge in [0.2, 0.25) is 0 Å². The lowest BCUT2D eigenvalue weighted by Crippen LogP contribution is -2.34. The van der Waals surface area contributed by atoms with E-state index in [1.165, 1.54) is 10.5 Å². The SMILES string of the molecule is C=C(C(=O)N1C(=O)OC[C@@H]1c1ccccc1)c1ccc(CC(C)C)cc1. The second-order valence-electron chi connectivity index (χ2n) is 6.95. The summed E-state index contributed by atoms with van der Waals surface area (Å²) < 4.78 is 5.13. The molecule has 134 valence electrons. The summed E-state index contributed by atoms with van der Waals surface area (Å²) in [4.78, 5) is 26.2. The minimum absolute atomic E-state index is 0.162. The second-order valence-corrected chi connectivity index (χ2v) is 6.95. The van der Waals surface area contributed by atoms with Crippen molar-refractivity contribution in [3.63, 3.8) is 0 Å². The molecule has 4 heteroatoms. The highest BCUT2D eigenvalue weighted by Crippen LogP contribution is 2.30. The van der Waals surface area contributed by atoms with Gasteiger partial charge in [-0.2, -0.15) is 0 Å². The van der Waals surface area contributed by atoms with Crippen LogP contribution in [-0.4, -0.2) is 23.5 Å². The van der Waals surface area contributed by atoms with Crippen LogP contribution in [0.4, 0.5) is 4.79 Å². The van der Waals surface area contributed by atoms with Crippen molar-refractivity contribution >= 4 is 17.6 Å². The first-order chi connectivity index (χ1) is 12.5. The largest absolute Gasteiger partial charge is 0.446 e. The van der Waals surface area contributed by atoms with Crippen LogP contribution in [-0.2, 0) is 16.0 Å². The van der Waals surface area contributed by atoms with Gasteiger partial charge in [0.05, 0.1) is 0 Å². The van der Waals surface area contributed by atoms with Gasteiger partial charge < -0.3 is 4.74 Å². The van der Waals surface area contributed by atoms with Gasteiger partial charge in [-0.05, 0) is 29.0 Å². The molecule has 2 aromatic rings. The Bertz CT molecular complexity index is 809. The highest BCUT2D eigenvalue weighted by Gasteiger charge is 2.39. The Morgan fingerprint density at radius 3 is 2.42 bits per heavy atom. The number of imide groups is 1. The molecule has 0 bridgehead atoms. The molecule has 1 fully saturated rings. The summed E-state index contributed by atoms with van der Waals surface area (Å²) in [5, 5.41) is 0. The molecule has 0 saturated carbocycles. The van der Waals surface area contributed by atoms with Crippen molar-refractivity contribution in [1.82, 2.24) is 4.90 Å². The standard InChI is InChI=1S/C22H23NO3/c1-15(2)13-17-9-11-18(12-10-17)16(3)21(24)23-20(14-26-22(23)25)19-7-5-4-6-8-19/h4-12,15,20H,3,13-14H2,1-2H3/t20-/m1/s1. The molecule has 0 unspecified atom stereocenters. The predicted octanol–water partition coefficient (Wildman–Crippen LogP) is 4.62. The van der Waals surface area contributed by atoms with E-state index in [2.05, 4.69) is 20.4 Å². The molecule has 4 nitrogen and oxygen atoms in total. The Labute approximate surface area is 154 Å². The molecule has 2 amide bonds. The lowest BCUT2D eigenvalue weighted by Gasteiger charge is -2.21. The molecule has 0 aromatic heterocycles. The van der Waals surface area contributed by atoms with Crippen molar-refractivity contribution in [2.24, 2.45) is 5.92 Å². The van der Waals surface area contributed by atoms with E-state index in [-0.39, 0.29) is 6.61 Å². The topological polar surface area (TPSA) is 46.6 Å². The van der Waals surface area contributed by atoms with Crippen molar-refractivity contribution in [3.05, 3.63) is 77.9 Å². The van der Waals surface area contributed by atoms with Gasteiger partial charge in [-0.1, -0.05) is 75.0 Å². The van der Waals surface area contributed by atoms with Gasteiger partial charge in [0.25, 0.3) is 5.91 Å². The van der Waals surface area contributed by atoms with Gasteiger partial charge >= 0.3 is 6.09 Å². The zero-order valence-corrected chi connectivity index (χ0v) is 15.1. The molecular formula is C22H23NO3. The molecule has 0 radical (unpaired) electrons. The maximum absolute atomic E-state index is 12.9. The first-order valence-electron chi connectivity index (χ1n) is 8.81. The lowest BCUT2D eigenvalue weighted by molar-refractivity contribution is -0.123. The summed E-state index contributed by atoms with van der Waals surface area (Å²) >= 11 is 0. The van der Waals surface area contributed by atoms with Crippen molar-refractivity contribution in [1.29, 1.82) is 0 Å². The summed E-state index contributed by atoms with van der Waals surface area (Å²) in [6.45, 7) is 8.42. The summed E-state index contributed by atoms with van der Waals surface area (Å²) in [6.07, 6.45) is 0.358. The Morgan fingerprint density at radius 1 is 1.15 bits per heavy atom. The summed E-state index contributed by atoms with van der Waals surface area (Å²) in [7, 11) is 0. The van der Waals surface area contributed by atoms with Crippen LogP contribution in [0.5, 0.6) is 0 Å². The van der Waals surface area contributed by atoms with Crippen LogP contribution >= 0.6 is 0 Å². The van der Waals surface area contributed by atoms with Crippen LogP contribution in [0, 0.1) is 5.92 Å². The number of benzene rings is 2. The van der Waals surface area contributed by atoms with Gasteiger partial charge in [0.1, 0.15) is 12.6 Å². The molecule has 0 aliphatic carbocycles. The van der Waals surface area contributed by atoms with Gasteiger partial charge in [-0.25, -0.2) is 9.69 Å². The van der Waals surface area contributed by atoms with Crippen LogP contribution in [0.25, 0.3) is 5.57 Å². The van der Waals surface area contributed by atoms with E-state index in [0.29, 0.717) is 17.1 Å². The molecule has 1 aliphatic rings. The fourth-order valence-corrected chi connectivity index (χ4v) is 3.15. The number of carbonyl (C=O) groups is 2. The van der Waals surface area contributed by atoms with Crippen LogP contribution in [0.3, 0.4) is 0 Å². The third-order valence-electron chi connectivity index (χ3n) is 4.48. The molecule has 26 heavy (non-hydrogen) atoms. The minimum Gasteiger partial charge on any atom is -0.446 e. The van der Waals surface area contributed by atoms with E-state index in [1.54, 1.807) is 0 Å². The van der Waals surface area contributed by atoms with E-state index in [4.69, 9.17) is 4.74 Å². The van der Waals surface area contributed by atoms with Crippen LogP contribution in [0.2, 0.25) is 0 Å². The molecule has 1 saturated heterocycles. The molecule has 3 rings (SSSR count). The van der Waals surface area contributed by atoms with Crippen molar-refractivity contribution in [2.75, 3.05) is 6.61 Å². The normalized spacial score (nSPS) is 16.7. The summed E-state index contributed by atoms with van der Waals surface area (Å²) in [6, 6.07) is 16.8. The summed E-state index contributed by atoms with van der Waals surface area (Å²) in [5.41, 5.74) is 3.09. The van der Waals surface area contributed by atoms with Gasteiger partial charge in [-0.3, -0.25) is 4.79 Å². The quantitative estimate of drug-likeness (QED) is 0.740. The first kappa shape index (κ1) is 17.9. The van der Waals surface area contributed by atoms with Crippen LogP contribution in [0.15, 0.2) is 61.2 Å². The van der Waals surface area contributed by atoms with E-state index >= 15 is 0 Å². The van der Waals surface area contributed by atoms with Gasteiger partial charge in [0, 0.05) is 5.57 Å². The summed E-state index contributed by atoms with van der Waals surface area (Å²) in [5.74, 6) is 0.148. The van der Waals surface area contributed by atoms with Gasteiger partial charge in [0.15, 0.2) is 0 Å². The van der Waals surface area contributed by atoms with E-state index in [1.807, 2.05) is 54.6 Å². The predicted molar refractivity (Wildman–Crippen MR) is 101 cm³/mol. The molecular weight excluding hydrogens is 326 g/mol. The zero-order valence-electron chi connectivity index (χ0n) is 15.1. The molecule has 0 N–H and O–H groups in total. The number of hydrogen-bond donors (Lipinski definition) is 0. The zero-order chi connectivity index (χ0) is 18.7. The molecule has 0 spiro atoms. The number of ether oxygens (including phenoxy) is 1. The maximum atomic E-state index is 12.9. The first-order valence-corrected chi connectivity index (χ1v) is 8.81. The Morgan fingerprint density at radius 2 is 1.81 bits per heavy atom. The Kier molecular flexibility index (Phi) is 5.21. The molecule has 1 aliphatic heterocycles. The van der Waals surface area contributed by atoms with Crippen molar-refractivity contribution in [2.45, 2.75) is 26.3 Å². The average molecular weight is 349 g/mol. The smallest absolute Gasteiger partial charge is 0.417 e. The van der Waals surface area contributed by atoms with Crippen LogP contribution in [0.1, 0.15) is 36.6 Å². The number of cyclic esters (lactones) is 1. The highest BCUT2D eigenvalue weighted by molar-refractivity contribution is 6.22. The lowest BCUT2D eigenvalue weighted by atomic mass is 9.98. The monoisotopic (exact) mass is 349 g/mol. The average Bonchev–Trinajstić information content (AvgIpc) is 3.03. The van der Waals surface area contributed by atoms with Crippen molar-refractivity contribution in [3.8, 4) is 0 Å². The van der Waals surface area contributed by atoms with Crippen LogP contribution < -0.4 is 0 Å². The van der Waals surface area contributed by atoms with Crippen molar-refractivity contribution < 1.29 is 14.3 Å². The number of nitrogens with zero attached hydrogens (tertiary/aromatic N) is 1. The fraction of sp³-hybridized carbons (Fsp3) is 0.273. The third-order valence-corrected chi connectivity index (χ3v) is 4.48. The molecule has 1 atom stereocenters. The number of carbonyl (C=O) groups excluding carboxylic acids is 2. The third kappa shape index (κ3) is 3.69. The maximum Gasteiger partial charge on any atom is 0.417 e. The van der Waals surface area contributed by atoms with E-state index in [0.717, 1.165) is 12.0 Å². The van der Waals surface area contributed by atoms with E-state index in [9.17, 15) is 9.59 Å². The Hall–Kier alpha value is -2.88. The number of rotatable bonds is 5. The molecule has 1 heterocycles. The number of amides is 2. The highest BCUT2D eigenvalue weighted by atomic mass is 16.6. The fourth-order valence-electron chi connectivity index (χ4n) is 3.15. The van der Waals surface area contributed by atoms with E-state index < -0.39 is 18.0 Å². The number of hydrogen-bond acceptors (Lipinski definition) is 3. The minimum atomic E-state index is -0.624. The Balaban J connectivity index is 1.80. The second kappa shape index (κ2) is 7.56. The van der Waals surface area contributed by atoms with Gasteiger partial charge in [-0.15, -0.1) is 0 Å².